The van der Waals surface area contributed by atoms with Crippen LogP contribution in [0.25, 0.3) is 10.7 Å². The van der Waals surface area contributed by atoms with E-state index in [4.69, 9.17) is 9.47 Å². The monoisotopic (exact) mass is 656 g/mol. The number of rotatable bonds is 10. The second-order valence-electron chi connectivity index (χ2n) is 10.5. The summed E-state index contributed by atoms with van der Waals surface area (Å²) in [6.45, 7) is 1.09. The molecule has 2 aliphatic heterocycles. The number of ether oxygens (including phenoxy) is 2. The number of β-lactam (4-membered cyclic amide) rings is 1. The van der Waals surface area contributed by atoms with Gasteiger partial charge in [-0.1, -0.05) is 60.7 Å². The van der Waals surface area contributed by atoms with E-state index in [1.165, 1.54) is 47.2 Å². The average Bonchev–Trinajstić information content (AvgIpc) is 3.53. The second kappa shape index (κ2) is 13.5. The van der Waals surface area contributed by atoms with E-state index in [-0.39, 0.29) is 30.2 Å². The van der Waals surface area contributed by atoms with E-state index in [0.717, 1.165) is 11.1 Å². The normalized spacial score (nSPS) is 17.3. The molecule has 2 atom stereocenters. The van der Waals surface area contributed by atoms with Crippen molar-refractivity contribution in [2.24, 2.45) is 0 Å². The number of carbonyl (C=O) groups is 4. The van der Waals surface area contributed by atoms with Crippen LogP contribution >= 0.6 is 23.1 Å². The first-order valence-corrected chi connectivity index (χ1v) is 16.2. The van der Waals surface area contributed by atoms with Crippen LogP contribution in [-0.2, 0) is 35.1 Å². The summed E-state index contributed by atoms with van der Waals surface area (Å²) in [6, 6.07) is 20.7. The number of carbonyl (C=O) groups excluding carboxylic acids is 4. The molecule has 0 radical (unpaired) electrons. The van der Waals surface area contributed by atoms with Gasteiger partial charge in [-0.15, -0.1) is 23.1 Å². The largest absolute Gasteiger partial charge is 0.506 e. The lowest BCUT2D eigenvalue weighted by Gasteiger charge is -2.49. The molecule has 234 valence electrons. The number of nitrogens with zero attached hydrogens (tertiary/aromatic N) is 3. The van der Waals surface area contributed by atoms with Crippen molar-refractivity contribution in [3.8, 4) is 16.5 Å². The van der Waals surface area contributed by atoms with Crippen LogP contribution in [-0.4, -0.2) is 67.5 Å². The zero-order chi connectivity index (χ0) is 32.2. The third kappa shape index (κ3) is 6.51. The average molecular weight is 657 g/mol. The molecular formula is C33H28N4O7S2. The number of thioether (sulfide) groups is 1. The summed E-state index contributed by atoms with van der Waals surface area (Å²) in [5.74, 6) is -1.91. The molecule has 46 heavy (non-hydrogen) atoms. The number of pyridine rings is 1. The molecule has 13 heteroatoms. The van der Waals surface area contributed by atoms with E-state index in [1.807, 2.05) is 60.7 Å². The van der Waals surface area contributed by atoms with Gasteiger partial charge in [-0.2, -0.15) is 0 Å². The van der Waals surface area contributed by atoms with E-state index in [9.17, 15) is 24.3 Å². The smallest absolute Gasteiger partial charge is 0.356 e. The Morgan fingerprint density at radius 1 is 1.04 bits per heavy atom. The Labute approximate surface area is 272 Å². The van der Waals surface area contributed by atoms with Crippen LogP contribution in [0.2, 0.25) is 0 Å². The molecule has 2 N–H and O–H groups in total. The quantitative estimate of drug-likeness (QED) is 0.190. The first-order valence-electron chi connectivity index (χ1n) is 14.3. The van der Waals surface area contributed by atoms with Gasteiger partial charge in [-0.3, -0.25) is 19.3 Å². The third-order valence-corrected chi connectivity index (χ3v) is 9.56. The van der Waals surface area contributed by atoms with Crippen LogP contribution in [0.3, 0.4) is 0 Å². The lowest BCUT2D eigenvalue weighted by atomic mass is 10.0. The van der Waals surface area contributed by atoms with E-state index < -0.39 is 41.3 Å². The van der Waals surface area contributed by atoms with Gasteiger partial charge in [0.05, 0.1) is 12.1 Å². The van der Waals surface area contributed by atoms with Crippen LogP contribution in [0, 0.1) is 0 Å². The highest BCUT2D eigenvalue weighted by Gasteiger charge is 2.54. The summed E-state index contributed by atoms with van der Waals surface area (Å²) in [6.07, 6.45) is 0.690. The Morgan fingerprint density at radius 3 is 2.39 bits per heavy atom. The molecule has 6 rings (SSSR count). The summed E-state index contributed by atoms with van der Waals surface area (Å²) in [5, 5.41) is 14.5. The molecule has 0 saturated carbocycles. The number of amides is 2. The maximum atomic E-state index is 13.9. The van der Waals surface area contributed by atoms with Gasteiger partial charge in [-0.25, -0.2) is 14.8 Å². The Kier molecular flexibility index (Phi) is 9.13. The van der Waals surface area contributed by atoms with Crippen LogP contribution in [0.15, 0.2) is 95.6 Å². The van der Waals surface area contributed by atoms with Gasteiger partial charge in [0.25, 0.3) is 5.91 Å². The van der Waals surface area contributed by atoms with E-state index in [0.29, 0.717) is 22.0 Å². The number of thiazole rings is 1. The van der Waals surface area contributed by atoms with Gasteiger partial charge in [-0.05, 0) is 23.3 Å². The summed E-state index contributed by atoms with van der Waals surface area (Å²) >= 11 is 2.59. The van der Waals surface area contributed by atoms with E-state index >= 15 is 0 Å². The summed E-state index contributed by atoms with van der Waals surface area (Å²) in [7, 11) is 0. The minimum Gasteiger partial charge on any atom is -0.506 e. The van der Waals surface area contributed by atoms with Crippen molar-refractivity contribution in [2.45, 2.75) is 30.9 Å². The van der Waals surface area contributed by atoms with Crippen LogP contribution in [0.5, 0.6) is 5.75 Å². The Bertz CT molecular complexity index is 1770. The summed E-state index contributed by atoms with van der Waals surface area (Å²) in [4.78, 5) is 62.0. The van der Waals surface area contributed by atoms with Gasteiger partial charge in [0.2, 0.25) is 5.91 Å². The fourth-order valence-corrected chi connectivity index (χ4v) is 7.32. The predicted molar refractivity (Wildman–Crippen MR) is 170 cm³/mol. The molecule has 1 saturated heterocycles. The van der Waals surface area contributed by atoms with Crippen molar-refractivity contribution in [1.82, 2.24) is 20.2 Å². The van der Waals surface area contributed by atoms with Crippen molar-refractivity contribution < 1.29 is 33.8 Å². The molecule has 2 aromatic carbocycles. The van der Waals surface area contributed by atoms with Crippen molar-refractivity contribution in [3.05, 3.63) is 112 Å². The van der Waals surface area contributed by atoms with Crippen LogP contribution < -0.4 is 5.32 Å². The molecular weight excluding hydrogens is 629 g/mol. The molecule has 1 fully saturated rings. The molecule has 0 bridgehead atoms. The fraction of sp³-hybridized carbons (Fsp3) is 0.212. The van der Waals surface area contributed by atoms with Gasteiger partial charge in [0.15, 0.2) is 6.10 Å². The minimum atomic E-state index is -0.882. The Hall–Kier alpha value is -5.01. The first kappa shape index (κ1) is 31.0. The lowest BCUT2D eigenvalue weighted by Crippen LogP contribution is -2.70. The zero-order valence-corrected chi connectivity index (χ0v) is 26.1. The number of hydrogen-bond donors (Lipinski definition) is 2. The highest BCUT2D eigenvalue weighted by molar-refractivity contribution is 8.00. The second-order valence-corrected chi connectivity index (χ2v) is 12.4. The number of aromatic hydroxyl groups is 1. The molecule has 2 aliphatic rings. The van der Waals surface area contributed by atoms with Gasteiger partial charge >= 0.3 is 11.9 Å². The van der Waals surface area contributed by atoms with Crippen LogP contribution in [0.4, 0.5) is 0 Å². The molecule has 0 aliphatic carbocycles. The molecule has 11 nitrogen and oxygen atoms in total. The summed E-state index contributed by atoms with van der Waals surface area (Å²) in [5.41, 5.74) is 2.72. The standard InChI is InChI=1S/C33H28N4O7S2/c1-19(38)43-16-22-17-46-32-27(36-25(40)15-23-18-45-30(35-23)26-24(39)13-8-14-34-26)31(41)37(32)28(22)33(42)44-29(20-9-4-2-5-10-20)21-11-6-3-7-12-21/h2-14,18,27,29,32,39H,15-17H2,1H3,(H,36,40)/t27-,32-/m1/s1. The van der Waals surface area contributed by atoms with Crippen molar-refractivity contribution in [3.63, 3.8) is 0 Å². The van der Waals surface area contributed by atoms with E-state index in [1.54, 1.807) is 11.4 Å². The number of benzene rings is 2. The number of hydrogen-bond acceptors (Lipinski definition) is 11. The lowest BCUT2D eigenvalue weighted by molar-refractivity contribution is -0.155. The minimum absolute atomic E-state index is 0.0108. The highest BCUT2D eigenvalue weighted by atomic mass is 32.2. The van der Waals surface area contributed by atoms with Gasteiger partial charge in [0, 0.05) is 29.8 Å². The molecule has 2 aromatic heterocycles. The van der Waals surface area contributed by atoms with Crippen LogP contribution in [0.1, 0.15) is 29.8 Å². The third-order valence-electron chi connectivity index (χ3n) is 7.32. The predicted octanol–water partition coefficient (Wildman–Crippen LogP) is 4.00. The topological polar surface area (TPSA) is 148 Å². The number of esters is 2. The summed E-state index contributed by atoms with van der Waals surface area (Å²) < 4.78 is 11.3. The van der Waals surface area contributed by atoms with E-state index in [2.05, 4.69) is 15.3 Å². The molecule has 4 heterocycles. The molecule has 2 amide bonds. The molecule has 0 unspecified atom stereocenters. The van der Waals surface area contributed by atoms with Gasteiger partial charge in [0.1, 0.15) is 40.2 Å². The Balaban J connectivity index is 1.19. The van der Waals surface area contributed by atoms with Crippen molar-refractivity contribution in [2.75, 3.05) is 12.4 Å². The zero-order valence-electron chi connectivity index (χ0n) is 24.5. The maximum absolute atomic E-state index is 13.9. The number of fused-ring (bicyclic) bond motifs is 1. The first-order chi connectivity index (χ1) is 22.3. The van der Waals surface area contributed by atoms with Crippen molar-refractivity contribution >= 4 is 46.9 Å². The number of aromatic nitrogens is 2. The van der Waals surface area contributed by atoms with Gasteiger partial charge < -0.3 is 19.9 Å². The highest BCUT2D eigenvalue weighted by Crippen LogP contribution is 2.42. The number of nitrogens with one attached hydrogen (secondary N) is 1. The Morgan fingerprint density at radius 2 is 1.74 bits per heavy atom. The maximum Gasteiger partial charge on any atom is 0.356 e. The SMILES string of the molecule is CC(=O)OCC1=C(C(=O)OC(c2ccccc2)c2ccccc2)N2C(=O)[C@@H](NC(=O)Cc3csc(-c4ncccc4O)n3)[C@H]2SC1. The van der Waals surface area contributed by atoms with Crippen molar-refractivity contribution in [1.29, 1.82) is 0 Å². The molecule has 0 spiro atoms. The fourth-order valence-electron chi connectivity index (χ4n) is 5.17. The molecule has 4 aromatic rings.